The molecule has 0 saturated heterocycles. The van der Waals surface area contributed by atoms with E-state index in [0.717, 1.165) is 83.6 Å². The molecule has 11 aromatic rings. The summed E-state index contributed by atoms with van der Waals surface area (Å²) in [6.07, 6.45) is 0. The number of nitrogens with zero attached hydrogens (tertiary/aromatic N) is 2. The monoisotopic (exact) mass is 784 g/mol. The van der Waals surface area contributed by atoms with E-state index in [2.05, 4.69) is 206 Å². The summed E-state index contributed by atoms with van der Waals surface area (Å²) in [7, 11) is 0. The number of fused-ring (bicyclic) bond motifs is 9. The van der Waals surface area contributed by atoms with Crippen LogP contribution in [-0.4, -0.2) is 0 Å². The molecule has 4 nitrogen and oxygen atoms in total. The largest absolute Gasteiger partial charge is 0.456 e. The van der Waals surface area contributed by atoms with Crippen LogP contribution in [0.3, 0.4) is 0 Å². The van der Waals surface area contributed by atoms with E-state index in [1.807, 2.05) is 24.3 Å². The molecule has 2 heterocycles. The summed E-state index contributed by atoms with van der Waals surface area (Å²) in [5, 5.41) is 4.50. The van der Waals surface area contributed by atoms with Crippen molar-refractivity contribution in [1.29, 1.82) is 0 Å². The van der Waals surface area contributed by atoms with Gasteiger partial charge in [0.2, 0.25) is 0 Å². The van der Waals surface area contributed by atoms with Crippen molar-refractivity contribution in [2.45, 2.75) is 19.3 Å². The van der Waals surface area contributed by atoms with Gasteiger partial charge in [-0.05, 0) is 124 Å². The first-order valence-electron chi connectivity index (χ1n) is 20.9. The summed E-state index contributed by atoms with van der Waals surface area (Å²) in [4.78, 5) is 4.66. The number of rotatable bonds is 7. The highest BCUT2D eigenvalue weighted by atomic mass is 16.3. The Morgan fingerprint density at radius 1 is 0.311 bits per heavy atom. The Labute approximate surface area is 354 Å². The molecule has 0 N–H and O–H groups in total. The lowest BCUT2D eigenvalue weighted by Crippen LogP contribution is -2.16. The maximum Gasteiger partial charge on any atom is 0.137 e. The van der Waals surface area contributed by atoms with Crippen molar-refractivity contribution in [3.05, 3.63) is 217 Å². The molecule has 0 aliphatic heterocycles. The van der Waals surface area contributed by atoms with Crippen LogP contribution in [0.25, 0.3) is 66.1 Å². The summed E-state index contributed by atoms with van der Waals surface area (Å²) in [5.74, 6) is 0. The van der Waals surface area contributed by atoms with Crippen molar-refractivity contribution in [2.75, 3.05) is 9.80 Å². The Bertz CT molecular complexity index is 3470. The molecule has 0 radical (unpaired) electrons. The Kier molecular flexibility index (Phi) is 7.85. The molecule has 9 aromatic carbocycles. The van der Waals surface area contributed by atoms with Crippen molar-refractivity contribution in [3.63, 3.8) is 0 Å². The molecule has 0 bridgehead atoms. The zero-order chi connectivity index (χ0) is 40.7. The highest BCUT2D eigenvalue weighted by molar-refractivity contribution is 6.07. The molecule has 12 rings (SSSR count). The smallest absolute Gasteiger partial charge is 0.137 e. The van der Waals surface area contributed by atoms with Crippen LogP contribution in [0.2, 0.25) is 0 Å². The third-order valence-corrected chi connectivity index (χ3v) is 12.6. The Morgan fingerprint density at radius 2 is 0.738 bits per heavy atom. The fraction of sp³-hybridized carbons (Fsp3) is 0.0526. The van der Waals surface area contributed by atoms with Gasteiger partial charge in [0.15, 0.2) is 0 Å². The number of anilines is 6. The second-order valence-corrected chi connectivity index (χ2v) is 16.6. The second kappa shape index (κ2) is 13.6. The van der Waals surface area contributed by atoms with E-state index in [-0.39, 0.29) is 5.41 Å². The van der Waals surface area contributed by atoms with Crippen molar-refractivity contribution in [1.82, 2.24) is 0 Å². The molecule has 1 aliphatic rings. The zero-order valence-electron chi connectivity index (χ0n) is 33.8. The van der Waals surface area contributed by atoms with Crippen LogP contribution >= 0.6 is 0 Å². The molecule has 290 valence electrons. The highest BCUT2D eigenvalue weighted by Gasteiger charge is 2.36. The van der Waals surface area contributed by atoms with Gasteiger partial charge in [0.05, 0.1) is 0 Å². The maximum atomic E-state index is 6.37. The first-order valence-corrected chi connectivity index (χ1v) is 20.9. The van der Waals surface area contributed by atoms with Gasteiger partial charge >= 0.3 is 0 Å². The minimum atomic E-state index is -0.239. The molecule has 61 heavy (non-hydrogen) atoms. The third-order valence-electron chi connectivity index (χ3n) is 12.6. The van der Waals surface area contributed by atoms with Crippen LogP contribution in [0.5, 0.6) is 0 Å². The van der Waals surface area contributed by atoms with Gasteiger partial charge in [0.25, 0.3) is 0 Å². The molecular formula is C57H40N2O2. The lowest BCUT2D eigenvalue weighted by Gasteiger charge is -2.28. The number of furan rings is 2. The predicted molar refractivity (Wildman–Crippen MR) is 253 cm³/mol. The molecule has 4 heteroatoms. The van der Waals surface area contributed by atoms with Crippen LogP contribution < -0.4 is 9.80 Å². The first kappa shape index (κ1) is 35.2. The first-order chi connectivity index (χ1) is 30.0. The fourth-order valence-electron chi connectivity index (χ4n) is 9.62. The van der Waals surface area contributed by atoms with E-state index in [1.54, 1.807) is 0 Å². The molecule has 0 spiro atoms. The van der Waals surface area contributed by atoms with E-state index in [0.29, 0.717) is 0 Å². The van der Waals surface area contributed by atoms with E-state index >= 15 is 0 Å². The van der Waals surface area contributed by atoms with Crippen LogP contribution in [0.1, 0.15) is 25.0 Å². The molecule has 0 fully saturated rings. The second-order valence-electron chi connectivity index (χ2n) is 16.6. The molecule has 0 unspecified atom stereocenters. The van der Waals surface area contributed by atoms with Crippen LogP contribution in [0, 0.1) is 0 Å². The highest BCUT2D eigenvalue weighted by Crippen LogP contribution is 2.52. The predicted octanol–water partition coefficient (Wildman–Crippen LogP) is 16.4. The quantitative estimate of drug-likeness (QED) is 0.161. The van der Waals surface area contributed by atoms with Gasteiger partial charge in [0.1, 0.15) is 22.3 Å². The summed E-state index contributed by atoms with van der Waals surface area (Å²) in [6, 6.07) is 73.7. The van der Waals surface area contributed by atoms with Gasteiger partial charge in [-0.3, -0.25) is 0 Å². The van der Waals surface area contributed by atoms with Gasteiger partial charge in [-0.15, -0.1) is 0 Å². The molecule has 2 aromatic heterocycles. The molecule has 0 atom stereocenters. The van der Waals surface area contributed by atoms with Gasteiger partial charge in [-0.25, -0.2) is 0 Å². The maximum absolute atomic E-state index is 6.37. The van der Waals surface area contributed by atoms with Crippen molar-refractivity contribution in [2.24, 2.45) is 0 Å². The summed E-state index contributed by atoms with van der Waals surface area (Å²) in [6.45, 7) is 4.72. The minimum absolute atomic E-state index is 0.239. The van der Waals surface area contributed by atoms with Crippen molar-refractivity contribution in [3.8, 4) is 22.3 Å². The van der Waals surface area contributed by atoms with E-state index in [9.17, 15) is 0 Å². The van der Waals surface area contributed by atoms with Gasteiger partial charge in [-0.1, -0.05) is 117 Å². The van der Waals surface area contributed by atoms with Gasteiger partial charge < -0.3 is 18.6 Å². The number of benzene rings is 9. The molecule has 0 amide bonds. The third kappa shape index (κ3) is 5.67. The van der Waals surface area contributed by atoms with E-state index in [1.165, 1.54) is 27.8 Å². The summed E-state index contributed by atoms with van der Waals surface area (Å²) in [5.41, 5.74) is 17.3. The number of para-hydroxylation sites is 4. The summed E-state index contributed by atoms with van der Waals surface area (Å²) < 4.78 is 12.7. The summed E-state index contributed by atoms with van der Waals surface area (Å²) >= 11 is 0. The normalized spacial score (nSPS) is 12.9. The van der Waals surface area contributed by atoms with Gasteiger partial charge in [-0.2, -0.15) is 0 Å². The van der Waals surface area contributed by atoms with Gasteiger partial charge in [0, 0.05) is 73.2 Å². The van der Waals surface area contributed by atoms with Crippen molar-refractivity contribution < 1.29 is 8.83 Å². The number of hydrogen-bond acceptors (Lipinski definition) is 4. The lowest BCUT2D eigenvalue weighted by atomic mass is 9.81. The SMILES string of the molecule is CC1(C)c2cc(-c3cccc(N(c4ccccc4)c4ccc5c(c4)oc4ccccc45)c3)ccc2-c2ccc(N(c3ccccc3)c3ccc4c(c3)oc3ccccc34)cc21. The number of hydrogen-bond donors (Lipinski definition) is 0. The average molecular weight is 785 g/mol. The lowest BCUT2D eigenvalue weighted by molar-refractivity contribution is 0.660. The zero-order valence-corrected chi connectivity index (χ0v) is 33.8. The molecular weight excluding hydrogens is 745 g/mol. The fourth-order valence-corrected chi connectivity index (χ4v) is 9.62. The van der Waals surface area contributed by atoms with E-state index < -0.39 is 0 Å². The van der Waals surface area contributed by atoms with E-state index in [4.69, 9.17) is 8.83 Å². The van der Waals surface area contributed by atoms with Crippen LogP contribution in [0.4, 0.5) is 34.1 Å². The van der Waals surface area contributed by atoms with Crippen molar-refractivity contribution >= 4 is 78.0 Å². The minimum Gasteiger partial charge on any atom is -0.456 e. The molecule has 0 saturated carbocycles. The topological polar surface area (TPSA) is 32.8 Å². The molecule has 1 aliphatic carbocycles. The standard InChI is InChI=1S/C57H40N2O2/c1-57(2)51-33-38(37-14-13-19-41(32-37)58(39-15-5-3-6-16-39)43-26-30-49-47-20-9-11-22-53(47)60-55(49)35-43)24-28-45(51)46-29-25-42(34-52(46)57)59(40-17-7-4-8-18-40)44-27-31-50-48-21-10-12-23-54(48)61-56(50)36-44/h3-36H,1-2H3. The average Bonchev–Trinajstić information content (AvgIpc) is 3.94. The van der Waals surface area contributed by atoms with Crippen LogP contribution in [0.15, 0.2) is 215 Å². The Hall–Kier alpha value is -7.82. The Morgan fingerprint density at radius 3 is 1.33 bits per heavy atom. The Balaban J connectivity index is 0.921. The van der Waals surface area contributed by atoms with Crippen LogP contribution in [-0.2, 0) is 5.41 Å².